The standard InChI is InChI=1S/C22H16N6O4/c23-16-10-9-15(27-28-16)19-17(11-1-5-13(6-2-11)21(29)30)26-20(24)18(25-19)12-3-7-14(8-4-12)22(31)32/h1-10H,(H2,23,28)(H2,24,26)(H,29,30)(H,31,32). The minimum Gasteiger partial charge on any atom is -0.478 e. The van der Waals surface area contributed by atoms with Crippen molar-refractivity contribution in [1.29, 1.82) is 0 Å². The highest BCUT2D eigenvalue weighted by molar-refractivity contribution is 5.90. The maximum Gasteiger partial charge on any atom is 0.335 e. The van der Waals surface area contributed by atoms with Crippen molar-refractivity contribution >= 4 is 23.6 Å². The summed E-state index contributed by atoms with van der Waals surface area (Å²) >= 11 is 0. The van der Waals surface area contributed by atoms with Crippen molar-refractivity contribution in [3.63, 3.8) is 0 Å². The number of nitrogens with two attached hydrogens (primary N) is 2. The first-order chi connectivity index (χ1) is 15.3. The number of hydrogen-bond acceptors (Lipinski definition) is 8. The molecule has 0 atom stereocenters. The zero-order chi connectivity index (χ0) is 22.8. The third kappa shape index (κ3) is 3.92. The number of hydrogen-bond donors (Lipinski definition) is 4. The Bertz CT molecular complexity index is 1320. The molecule has 10 nitrogen and oxygen atoms in total. The molecule has 6 N–H and O–H groups in total. The van der Waals surface area contributed by atoms with Gasteiger partial charge in [0.25, 0.3) is 0 Å². The molecule has 32 heavy (non-hydrogen) atoms. The Morgan fingerprint density at radius 2 is 1.16 bits per heavy atom. The number of benzene rings is 2. The number of carbonyl (C=O) groups is 2. The summed E-state index contributed by atoms with van der Waals surface area (Å²) in [7, 11) is 0. The van der Waals surface area contributed by atoms with E-state index in [4.69, 9.17) is 21.7 Å². The van der Waals surface area contributed by atoms with Crippen molar-refractivity contribution in [3.05, 3.63) is 71.8 Å². The molecule has 2 aromatic carbocycles. The smallest absolute Gasteiger partial charge is 0.335 e. The molecule has 4 rings (SSSR count). The SMILES string of the molecule is Nc1ccc(-c2nc(-c3ccc(C(=O)O)cc3)c(N)nc2-c2ccc(C(=O)O)cc2)nn1. The molecule has 4 aromatic rings. The molecule has 0 aliphatic heterocycles. The quantitative estimate of drug-likeness (QED) is 0.369. The normalized spacial score (nSPS) is 10.6. The topological polar surface area (TPSA) is 178 Å². The second-order valence-electron chi connectivity index (χ2n) is 6.76. The Hall–Kier alpha value is -4.86. The Kier molecular flexibility index (Phi) is 5.17. The highest BCUT2D eigenvalue weighted by Gasteiger charge is 2.19. The molecular formula is C22H16N6O4. The summed E-state index contributed by atoms with van der Waals surface area (Å²) in [5.41, 5.74) is 14.7. The summed E-state index contributed by atoms with van der Waals surface area (Å²) in [6.45, 7) is 0. The van der Waals surface area contributed by atoms with Gasteiger partial charge in [-0.25, -0.2) is 19.6 Å². The molecule has 0 bridgehead atoms. The van der Waals surface area contributed by atoms with Gasteiger partial charge in [0.15, 0.2) is 5.82 Å². The highest BCUT2D eigenvalue weighted by Crippen LogP contribution is 2.33. The lowest BCUT2D eigenvalue weighted by Crippen LogP contribution is -2.05. The van der Waals surface area contributed by atoms with Crippen molar-refractivity contribution in [3.8, 4) is 33.9 Å². The molecule has 0 fully saturated rings. The van der Waals surface area contributed by atoms with Crippen LogP contribution in [-0.4, -0.2) is 42.3 Å². The molecule has 2 aromatic heterocycles. The van der Waals surface area contributed by atoms with E-state index < -0.39 is 11.9 Å². The maximum absolute atomic E-state index is 11.2. The summed E-state index contributed by atoms with van der Waals surface area (Å²) in [6.07, 6.45) is 0. The Morgan fingerprint density at radius 3 is 1.62 bits per heavy atom. The van der Waals surface area contributed by atoms with Gasteiger partial charge in [0.2, 0.25) is 0 Å². The number of rotatable bonds is 5. The van der Waals surface area contributed by atoms with E-state index in [1.807, 2.05) is 0 Å². The summed E-state index contributed by atoms with van der Waals surface area (Å²) in [6, 6.07) is 15.4. The van der Waals surface area contributed by atoms with Crippen LogP contribution in [0, 0.1) is 0 Å². The first kappa shape index (κ1) is 20.4. The second-order valence-corrected chi connectivity index (χ2v) is 6.76. The van der Waals surface area contributed by atoms with Gasteiger partial charge in [0.1, 0.15) is 28.6 Å². The van der Waals surface area contributed by atoms with Gasteiger partial charge < -0.3 is 21.7 Å². The highest BCUT2D eigenvalue weighted by atomic mass is 16.4. The Balaban J connectivity index is 1.89. The number of aromatic carboxylic acids is 2. The first-order valence-electron chi connectivity index (χ1n) is 9.28. The van der Waals surface area contributed by atoms with Crippen molar-refractivity contribution < 1.29 is 19.8 Å². The Morgan fingerprint density at radius 1 is 0.625 bits per heavy atom. The molecule has 0 amide bonds. The van der Waals surface area contributed by atoms with E-state index >= 15 is 0 Å². The molecule has 0 spiro atoms. The van der Waals surface area contributed by atoms with E-state index in [-0.39, 0.29) is 22.8 Å². The molecular weight excluding hydrogens is 412 g/mol. The fourth-order valence-electron chi connectivity index (χ4n) is 3.05. The van der Waals surface area contributed by atoms with E-state index in [0.29, 0.717) is 33.9 Å². The number of anilines is 2. The summed E-state index contributed by atoms with van der Waals surface area (Å²) in [4.78, 5) is 31.5. The van der Waals surface area contributed by atoms with Gasteiger partial charge in [0, 0.05) is 11.1 Å². The summed E-state index contributed by atoms with van der Waals surface area (Å²) < 4.78 is 0. The van der Waals surface area contributed by atoms with Crippen LogP contribution in [0.5, 0.6) is 0 Å². The van der Waals surface area contributed by atoms with E-state index in [0.717, 1.165) is 0 Å². The Labute approximate surface area is 181 Å². The molecule has 0 aliphatic carbocycles. The van der Waals surface area contributed by atoms with Crippen LogP contribution in [0.4, 0.5) is 11.6 Å². The first-order valence-corrected chi connectivity index (χ1v) is 9.28. The number of aromatic nitrogens is 4. The minimum absolute atomic E-state index is 0.109. The van der Waals surface area contributed by atoms with Crippen LogP contribution in [0.3, 0.4) is 0 Å². The fourth-order valence-corrected chi connectivity index (χ4v) is 3.05. The van der Waals surface area contributed by atoms with E-state index in [2.05, 4.69) is 20.2 Å². The molecule has 0 unspecified atom stereocenters. The van der Waals surface area contributed by atoms with Crippen LogP contribution in [0.2, 0.25) is 0 Å². The fraction of sp³-hybridized carbons (Fsp3) is 0. The molecule has 0 radical (unpaired) electrons. The average molecular weight is 428 g/mol. The van der Waals surface area contributed by atoms with E-state index in [1.54, 1.807) is 36.4 Å². The third-order valence-corrected chi connectivity index (χ3v) is 4.66. The predicted octanol–water partition coefficient (Wildman–Crippen LogP) is 2.83. The largest absolute Gasteiger partial charge is 0.478 e. The molecule has 0 saturated heterocycles. The molecule has 158 valence electrons. The molecule has 10 heteroatoms. The van der Waals surface area contributed by atoms with Gasteiger partial charge in [-0.1, -0.05) is 24.3 Å². The van der Waals surface area contributed by atoms with Crippen LogP contribution in [0.15, 0.2) is 60.7 Å². The minimum atomic E-state index is -1.05. The lowest BCUT2D eigenvalue weighted by Gasteiger charge is -2.13. The molecule has 2 heterocycles. The maximum atomic E-state index is 11.2. The summed E-state index contributed by atoms with van der Waals surface area (Å²) in [5.74, 6) is -1.76. The van der Waals surface area contributed by atoms with Crippen molar-refractivity contribution in [2.75, 3.05) is 11.5 Å². The number of carboxylic acid groups (broad SMARTS) is 2. The van der Waals surface area contributed by atoms with Crippen molar-refractivity contribution in [2.24, 2.45) is 0 Å². The molecule has 0 saturated carbocycles. The van der Waals surface area contributed by atoms with Gasteiger partial charge >= 0.3 is 11.9 Å². The van der Waals surface area contributed by atoms with Gasteiger partial charge in [-0.2, -0.15) is 0 Å². The van der Waals surface area contributed by atoms with Gasteiger partial charge in [-0.05, 0) is 36.4 Å². The zero-order valence-electron chi connectivity index (χ0n) is 16.4. The number of nitrogen functional groups attached to an aromatic ring is 2. The average Bonchev–Trinajstić information content (AvgIpc) is 2.79. The van der Waals surface area contributed by atoms with E-state index in [1.165, 1.54) is 24.3 Å². The van der Waals surface area contributed by atoms with Crippen LogP contribution in [-0.2, 0) is 0 Å². The number of carboxylic acids is 2. The summed E-state index contributed by atoms with van der Waals surface area (Å²) in [5, 5.41) is 26.2. The van der Waals surface area contributed by atoms with Gasteiger partial charge in [0.05, 0.1) is 11.1 Å². The van der Waals surface area contributed by atoms with Crippen LogP contribution >= 0.6 is 0 Å². The van der Waals surface area contributed by atoms with Crippen molar-refractivity contribution in [1.82, 2.24) is 20.2 Å². The second kappa shape index (κ2) is 8.11. The zero-order valence-corrected chi connectivity index (χ0v) is 16.4. The van der Waals surface area contributed by atoms with Gasteiger partial charge in [-0.3, -0.25) is 0 Å². The lowest BCUT2D eigenvalue weighted by atomic mass is 10.0. The van der Waals surface area contributed by atoms with Crippen LogP contribution < -0.4 is 11.5 Å². The van der Waals surface area contributed by atoms with E-state index in [9.17, 15) is 9.59 Å². The number of nitrogens with zero attached hydrogens (tertiary/aromatic N) is 4. The van der Waals surface area contributed by atoms with Crippen LogP contribution in [0.1, 0.15) is 20.7 Å². The predicted molar refractivity (Wildman–Crippen MR) is 117 cm³/mol. The third-order valence-electron chi connectivity index (χ3n) is 4.66. The van der Waals surface area contributed by atoms with Crippen molar-refractivity contribution in [2.45, 2.75) is 0 Å². The van der Waals surface area contributed by atoms with Gasteiger partial charge in [-0.15, -0.1) is 10.2 Å². The lowest BCUT2D eigenvalue weighted by molar-refractivity contribution is 0.0686. The molecule has 0 aliphatic rings. The monoisotopic (exact) mass is 428 g/mol. The van der Waals surface area contributed by atoms with Crippen LogP contribution in [0.25, 0.3) is 33.9 Å².